The quantitative estimate of drug-likeness (QED) is 0.452. The molecular formula is C29H37N5O3S. The van der Waals surface area contributed by atoms with Crippen LogP contribution in [0.5, 0.6) is 0 Å². The minimum absolute atomic E-state index is 0.0249. The monoisotopic (exact) mass is 535 g/mol. The summed E-state index contributed by atoms with van der Waals surface area (Å²) < 4.78 is 5.52. The number of benzene rings is 1. The minimum atomic E-state index is -0.584. The van der Waals surface area contributed by atoms with Gasteiger partial charge >= 0.3 is 0 Å². The molecule has 5 rings (SSSR count). The van der Waals surface area contributed by atoms with Crippen LogP contribution in [0.15, 0.2) is 45.5 Å². The highest BCUT2D eigenvalue weighted by Gasteiger charge is 2.47. The standard InChI is InChI=1S/C29H37N5O3S/c1-7-34-29(6,21-10-8-20(9-11-21)27-19(5)30-16-38-27)14-23(31-34)24-13-22(35)15-33(24)28(36)26(17(2)3)25-12-18(4)32-37-25/h8-12,16-17,22,24,26,35H,7,13-15H2,1-6H3/t22-,24-,26-,29+/m1/s1. The minimum Gasteiger partial charge on any atom is -0.391 e. The number of rotatable bonds is 7. The highest BCUT2D eigenvalue weighted by molar-refractivity contribution is 7.13. The lowest BCUT2D eigenvalue weighted by Gasteiger charge is -2.34. The van der Waals surface area contributed by atoms with Crippen LogP contribution in [0.1, 0.15) is 69.2 Å². The van der Waals surface area contributed by atoms with Gasteiger partial charge in [-0.25, -0.2) is 4.98 Å². The second kappa shape index (κ2) is 10.3. The summed E-state index contributed by atoms with van der Waals surface area (Å²) in [6.45, 7) is 13.3. The van der Waals surface area contributed by atoms with Gasteiger partial charge < -0.3 is 14.5 Å². The molecule has 0 aliphatic carbocycles. The van der Waals surface area contributed by atoms with Gasteiger partial charge in [-0.3, -0.25) is 9.80 Å². The number of likely N-dealkylation sites (tertiary alicyclic amines) is 1. The second-order valence-electron chi connectivity index (χ2n) is 11.1. The fourth-order valence-electron chi connectivity index (χ4n) is 5.98. The average Bonchev–Trinajstić information content (AvgIpc) is 3.66. The van der Waals surface area contributed by atoms with Crippen LogP contribution in [0.3, 0.4) is 0 Å². The SMILES string of the molecule is CCN1N=C([C@H]2C[C@@H](O)CN2C(=O)[C@@H](c2cc(C)no2)C(C)C)C[C@@]1(C)c1ccc(-c2scnc2C)cc1. The predicted octanol–water partition coefficient (Wildman–Crippen LogP) is 5.11. The Bertz CT molecular complexity index is 1330. The lowest BCUT2D eigenvalue weighted by atomic mass is 9.84. The largest absolute Gasteiger partial charge is 0.391 e. The zero-order valence-corrected chi connectivity index (χ0v) is 23.8. The van der Waals surface area contributed by atoms with Gasteiger partial charge in [-0.05, 0) is 44.7 Å². The topological polar surface area (TPSA) is 95.1 Å². The molecule has 0 radical (unpaired) electrons. The number of aryl methyl sites for hydroxylation is 2. The van der Waals surface area contributed by atoms with E-state index in [1.807, 2.05) is 44.2 Å². The van der Waals surface area contributed by atoms with Crippen LogP contribution < -0.4 is 0 Å². The Labute approximate surface area is 228 Å². The summed E-state index contributed by atoms with van der Waals surface area (Å²) in [6, 6.07) is 10.3. The van der Waals surface area contributed by atoms with Crippen molar-refractivity contribution in [3.8, 4) is 10.4 Å². The van der Waals surface area contributed by atoms with E-state index in [1.54, 1.807) is 11.3 Å². The molecule has 1 saturated heterocycles. The van der Waals surface area contributed by atoms with E-state index >= 15 is 0 Å². The van der Waals surface area contributed by atoms with E-state index in [-0.39, 0.29) is 23.4 Å². The summed E-state index contributed by atoms with van der Waals surface area (Å²) >= 11 is 1.65. The summed E-state index contributed by atoms with van der Waals surface area (Å²) in [5.41, 5.74) is 6.62. The lowest BCUT2D eigenvalue weighted by Crippen LogP contribution is -2.44. The van der Waals surface area contributed by atoms with Crippen LogP contribution in [-0.4, -0.2) is 62.0 Å². The Morgan fingerprint density at radius 3 is 2.58 bits per heavy atom. The molecule has 0 unspecified atom stereocenters. The fraction of sp³-hybridized carbons (Fsp3) is 0.517. The number of hydrazone groups is 1. The van der Waals surface area contributed by atoms with E-state index in [0.29, 0.717) is 25.1 Å². The van der Waals surface area contributed by atoms with Crippen LogP contribution in [0.2, 0.25) is 0 Å². The zero-order chi connectivity index (χ0) is 27.2. The van der Waals surface area contributed by atoms with Crippen LogP contribution in [0.25, 0.3) is 10.4 Å². The highest BCUT2D eigenvalue weighted by Crippen LogP contribution is 2.41. The number of amides is 1. The van der Waals surface area contributed by atoms with E-state index in [2.05, 4.69) is 53.3 Å². The van der Waals surface area contributed by atoms with Gasteiger partial charge in [0.05, 0.1) is 45.2 Å². The van der Waals surface area contributed by atoms with Gasteiger partial charge in [0.25, 0.3) is 0 Å². The number of carbonyl (C=O) groups excluding carboxylic acids is 1. The van der Waals surface area contributed by atoms with E-state index < -0.39 is 12.0 Å². The van der Waals surface area contributed by atoms with Crippen molar-refractivity contribution in [3.05, 3.63) is 58.6 Å². The van der Waals surface area contributed by atoms with Gasteiger partial charge in [0.2, 0.25) is 5.91 Å². The van der Waals surface area contributed by atoms with Crippen LogP contribution in [0.4, 0.5) is 0 Å². The number of hydrogen-bond donors (Lipinski definition) is 1. The molecule has 1 aromatic carbocycles. The molecule has 3 aromatic rings. The molecule has 2 aliphatic heterocycles. The third kappa shape index (κ3) is 4.66. The van der Waals surface area contributed by atoms with Crippen molar-refractivity contribution in [2.45, 2.75) is 78.0 Å². The maximum atomic E-state index is 13.9. The molecule has 38 heavy (non-hydrogen) atoms. The predicted molar refractivity (Wildman–Crippen MR) is 149 cm³/mol. The molecule has 2 aromatic heterocycles. The lowest BCUT2D eigenvalue weighted by molar-refractivity contribution is -0.134. The van der Waals surface area contributed by atoms with Gasteiger partial charge in [0.15, 0.2) is 0 Å². The van der Waals surface area contributed by atoms with Crippen molar-refractivity contribution < 1.29 is 14.4 Å². The number of thiazole rings is 1. The van der Waals surface area contributed by atoms with Crippen molar-refractivity contribution in [1.82, 2.24) is 20.0 Å². The van der Waals surface area contributed by atoms with E-state index in [9.17, 15) is 9.90 Å². The summed E-state index contributed by atoms with van der Waals surface area (Å²) in [7, 11) is 0. The van der Waals surface area contributed by atoms with Crippen molar-refractivity contribution in [1.29, 1.82) is 0 Å². The highest BCUT2D eigenvalue weighted by atomic mass is 32.1. The van der Waals surface area contributed by atoms with Gasteiger partial charge in [-0.1, -0.05) is 43.3 Å². The number of hydrogen-bond acceptors (Lipinski definition) is 8. The number of carbonyl (C=O) groups is 1. The number of β-amino-alcohol motifs (C(OH)–C–C–N with tert-alkyl or cyclic N) is 1. The summed E-state index contributed by atoms with van der Waals surface area (Å²) in [5.74, 6) is 0.105. The van der Waals surface area contributed by atoms with Crippen molar-refractivity contribution >= 4 is 23.0 Å². The fourth-order valence-corrected chi connectivity index (χ4v) is 6.79. The summed E-state index contributed by atoms with van der Waals surface area (Å²) in [6.07, 6.45) is 0.594. The first-order chi connectivity index (χ1) is 18.1. The molecule has 4 atom stereocenters. The van der Waals surface area contributed by atoms with Gasteiger partial charge in [-0.2, -0.15) is 5.10 Å². The third-order valence-corrected chi connectivity index (χ3v) is 8.97. The van der Waals surface area contributed by atoms with Gasteiger partial charge in [-0.15, -0.1) is 11.3 Å². The van der Waals surface area contributed by atoms with Crippen molar-refractivity contribution in [2.75, 3.05) is 13.1 Å². The first kappa shape index (κ1) is 26.6. The Morgan fingerprint density at radius 2 is 2.00 bits per heavy atom. The van der Waals surface area contributed by atoms with E-state index in [1.165, 1.54) is 10.4 Å². The van der Waals surface area contributed by atoms with Crippen LogP contribution in [-0.2, 0) is 10.3 Å². The Kier molecular flexibility index (Phi) is 7.17. The molecule has 0 saturated carbocycles. The smallest absolute Gasteiger partial charge is 0.234 e. The Balaban J connectivity index is 1.41. The van der Waals surface area contributed by atoms with E-state index in [0.717, 1.165) is 29.2 Å². The maximum absolute atomic E-state index is 13.9. The molecule has 0 bridgehead atoms. The molecule has 4 heterocycles. The number of aromatic nitrogens is 2. The number of aliphatic hydroxyl groups is 1. The molecule has 2 aliphatic rings. The van der Waals surface area contributed by atoms with Crippen molar-refractivity contribution in [3.63, 3.8) is 0 Å². The second-order valence-corrected chi connectivity index (χ2v) is 11.9. The first-order valence-electron chi connectivity index (χ1n) is 13.4. The molecular weight excluding hydrogens is 498 g/mol. The molecule has 202 valence electrons. The molecule has 9 heteroatoms. The zero-order valence-electron chi connectivity index (χ0n) is 23.0. The molecule has 8 nitrogen and oxygen atoms in total. The summed E-state index contributed by atoms with van der Waals surface area (Å²) in [5, 5.41) is 21.9. The number of nitrogens with zero attached hydrogens (tertiary/aromatic N) is 5. The van der Waals surface area contributed by atoms with Crippen LogP contribution in [0, 0.1) is 19.8 Å². The van der Waals surface area contributed by atoms with Crippen molar-refractivity contribution in [2.24, 2.45) is 11.0 Å². The normalized spacial score (nSPS) is 24.4. The van der Waals surface area contributed by atoms with Gasteiger partial charge in [0.1, 0.15) is 11.7 Å². The molecule has 0 spiro atoms. The van der Waals surface area contributed by atoms with E-state index in [4.69, 9.17) is 9.62 Å². The molecule has 1 fully saturated rings. The molecule has 1 N–H and O–H groups in total. The Morgan fingerprint density at radius 1 is 1.26 bits per heavy atom. The Hall–Kier alpha value is -3.04. The van der Waals surface area contributed by atoms with Gasteiger partial charge in [0, 0.05) is 32.0 Å². The third-order valence-electron chi connectivity index (χ3n) is 7.99. The average molecular weight is 536 g/mol. The summed E-state index contributed by atoms with van der Waals surface area (Å²) in [4.78, 5) is 21.3. The maximum Gasteiger partial charge on any atom is 0.234 e. The molecule has 1 amide bonds. The number of aliphatic hydroxyl groups excluding tert-OH is 1. The first-order valence-corrected chi connectivity index (χ1v) is 14.3. The van der Waals surface area contributed by atoms with Crippen LogP contribution >= 0.6 is 11.3 Å².